The van der Waals surface area contributed by atoms with Crippen molar-refractivity contribution in [3.05, 3.63) is 0 Å². The molecule has 2 N–H and O–H groups in total. The first-order valence-electron chi connectivity index (χ1n) is 6.53. The van der Waals surface area contributed by atoms with Crippen molar-refractivity contribution in [2.75, 3.05) is 6.54 Å². The molecule has 1 saturated carbocycles. The number of hydrogen-bond acceptors (Lipinski definition) is 4. The van der Waals surface area contributed by atoms with Crippen LogP contribution in [0.3, 0.4) is 0 Å². The normalized spacial score (nSPS) is 17.1. The van der Waals surface area contributed by atoms with Crippen molar-refractivity contribution in [3.8, 4) is 0 Å². The van der Waals surface area contributed by atoms with E-state index in [0.717, 1.165) is 12.8 Å². The Labute approximate surface area is 109 Å². The Bertz CT molecular complexity index is 306. The molecule has 104 valence electrons. The molecule has 1 aliphatic carbocycles. The lowest BCUT2D eigenvalue weighted by Gasteiger charge is -2.20. The van der Waals surface area contributed by atoms with Crippen LogP contribution in [0.2, 0.25) is 0 Å². The van der Waals surface area contributed by atoms with Gasteiger partial charge in [-0.1, -0.05) is 0 Å². The molecule has 0 radical (unpaired) electrons. The van der Waals surface area contributed by atoms with Gasteiger partial charge < -0.3 is 15.4 Å². The van der Waals surface area contributed by atoms with Crippen LogP contribution < -0.4 is 10.6 Å². The van der Waals surface area contributed by atoms with Gasteiger partial charge in [0, 0.05) is 12.6 Å². The summed E-state index contributed by atoms with van der Waals surface area (Å²) in [6.07, 6.45) is 2.44. The van der Waals surface area contributed by atoms with Crippen LogP contribution in [-0.4, -0.2) is 36.1 Å². The summed E-state index contributed by atoms with van der Waals surface area (Å²) in [5.41, 5.74) is -0.452. The minimum Gasteiger partial charge on any atom is -0.460 e. The first-order valence-corrected chi connectivity index (χ1v) is 6.53. The molecule has 1 rings (SSSR count). The first-order chi connectivity index (χ1) is 8.28. The summed E-state index contributed by atoms with van der Waals surface area (Å²) in [4.78, 5) is 23.0. The maximum atomic E-state index is 11.6. The van der Waals surface area contributed by atoms with Gasteiger partial charge in [-0.05, 0) is 40.5 Å². The van der Waals surface area contributed by atoms with Crippen LogP contribution >= 0.6 is 0 Å². The third-order valence-electron chi connectivity index (χ3n) is 2.52. The molecule has 18 heavy (non-hydrogen) atoms. The number of ether oxygens (including phenoxy) is 1. The molecule has 1 fully saturated rings. The zero-order valence-electron chi connectivity index (χ0n) is 11.7. The quantitative estimate of drug-likeness (QED) is 0.695. The molecule has 0 aromatic carbocycles. The first kappa shape index (κ1) is 15.0. The van der Waals surface area contributed by atoms with Crippen LogP contribution in [0.15, 0.2) is 0 Å². The third-order valence-corrected chi connectivity index (χ3v) is 2.52. The number of carbonyl (C=O) groups excluding carboxylic acids is 2. The van der Waals surface area contributed by atoms with Gasteiger partial charge in [0.05, 0.1) is 12.5 Å². The minimum absolute atomic E-state index is 0.00156. The van der Waals surface area contributed by atoms with Crippen LogP contribution in [0, 0.1) is 0 Å². The molecule has 0 heterocycles. The highest BCUT2D eigenvalue weighted by Gasteiger charge is 2.25. The summed E-state index contributed by atoms with van der Waals surface area (Å²) in [5.74, 6) is -0.244. The molecule has 0 saturated heterocycles. The molecule has 5 heteroatoms. The molecular weight excluding hydrogens is 232 g/mol. The SMILES string of the molecule is CC(NCCC(=O)OC(C)(C)C)C(=O)NC1CC1. The van der Waals surface area contributed by atoms with Gasteiger partial charge in [-0.3, -0.25) is 9.59 Å². The lowest BCUT2D eigenvalue weighted by atomic mass is 10.2. The number of rotatable bonds is 6. The van der Waals surface area contributed by atoms with Gasteiger partial charge in [0.25, 0.3) is 0 Å². The maximum Gasteiger partial charge on any atom is 0.307 e. The van der Waals surface area contributed by atoms with Crippen molar-refractivity contribution in [2.45, 2.75) is 64.6 Å². The molecule has 1 atom stereocenters. The molecule has 5 nitrogen and oxygen atoms in total. The highest BCUT2D eigenvalue weighted by molar-refractivity contribution is 5.81. The van der Waals surface area contributed by atoms with Gasteiger partial charge in [-0.25, -0.2) is 0 Å². The fraction of sp³-hybridized carbons (Fsp3) is 0.846. The Balaban J connectivity index is 2.12. The number of nitrogens with one attached hydrogen (secondary N) is 2. The molecule has 1 unspecified atom stereocenters. The zero-order valence-corrected chi connectivity index (χ0v) is 11.7. The smallest absolute Gasteiger partial charge is 0.307 e. The number of esters is 1. The third kappa shape index (κ3) is 6.59. The summed E-state index contributed by atoms with van der Waals surface area (Å²) in [7, 11) is 0. The standard InChI is InChI=1S/C13H24N2O3/c1-9(12(17)15-10-5-6-10)14-8-7-11(16)18-13(2,3)4/h9-10,14H,5-8H2,1-4H3,(H,15,17). The van der Waals surface area contributed by atoms with E-state index in [-0.39, 0.29) is 24.3 Å². The van der Waals surface area contributed by atoms with Gasteiger partial charge in [0.15, 0.2) is 0 Å². The van der Waals surface area contributed by atoms with Gasteiger partial charge >= 0.3 is 5.97 Å². The van der Waals surface area contributed by atoms with E-state index in [2.05, 4.69) is 10.6 Å². The monoisotopic (exact) mass is 256 g/mol. The van der Waals surface area contributed by atoms with E-state index in [0.29, 0.717) is 12.6 Å². The Morgan fingerprint density at radius 1 is 1.33 bits per heavy atom. The number of amides is 1. The highest BCUT2D eigenvalue weighted by Crippen LogP contribution is 2.18. The Kier molecular flexibility index (Phi) is 5.14. The Morgan fingerprint density at radius 3 is 2.44 bits per heavy atom. The lowest BCUT2D eigenvalue weighted by Crippen LogP contribution is -2.43. The van der Waals surface area contributed by atoms with Gasteiger partial charge in [-0.2, -0.15) is 0 Å². The average Bonchev–Trinajstić information content (AvgIpc) is 2.98. The summed E-state index contributed by atoms with van der Waals surface area (Å²) < 4.78 is 5.18. The summed E-state index contributed by atoms with van der Waals surface area (Å²) in [5, 5.41) is 5.93. The van der Waals surface area contributed by atoms with E-state index in [1.165, 1.54) is 0 Å². The number of hydrogen-bond donors (Lipinski definition) is 2. The van der Waals surface area contributed by atoms with Crippen LogP contribution in [0.5, 0.6) is 0 Å². The topological polar surface area (TPSA) is 67.4 Å². The van der Waals surface area contributed by atoms with Crippen LogP contribution in [0.4, 0.5) is 0 Å². The molecule has 0 aromatic rings. The van der Waals surface area contributed by atoms with E-state index >= 15 is 0 Å². The largest absolute Gasteiger partial charge is 0.460 e. The van der Waals surface area contributed by atoms with E-state index < -0.39 is 5.60 Å². The predicted molar refractivity (Wildman–Crippen MR) is 69.1 cm³/mol. The second-order valence-corrected chi connectivity index (χ2v) is 5.80. The number of carbonyl (C=O) groups is 2. The second kappa shape index (κ2) is 6.18. The average molecular weight is 256 g/mol. The molecule has 0 aromatic heterocycles. The van der Waals surface area contributed by atoms with Crippen molar-refractivity contribution in [2.24, 2.45) is 0 Å². The summed E-state index contributed by atoms with van der Waals surface area (Å²) in [6.45, 7) is 7.76. The van der Waals surface area contributed by atoms with Crippen molar-refractivity contribution >= 4 is 11.9 Å². The van der Waals surface area contributed by atoms with Crippen LogP contribution in [0.25, 0.3) is 0 Å². The maximum absolute atomic E-state index is 11.6. The van der Waals surface area contributed by atoms with Crippen LogP contribution in [-0.2, 0) is 14.3 Å². The zero-order chi connectivity index (χ0) is 13.8. The Morgan fingerprint density at radius 2 is 1.94 bits per heavy atom. The van der Waals surface area contributed by atoms with Crippen LogP contribution in [0.1, 0.15) is 47.0 Å². The van der Waals surface area contributed by atoms with E-state index in [1.807, 2.05) is 20.8 Å². The van der Waals surface area contributed by atoms with E-state index in [9.17, 15) is 9.59 Å². The van der Waals surface area contributed by atoms with Crippen molar-refractivity contribution in [1.82, 2.24) is 10.6 Å². The van der Waals surface area contributed by atoms with Crippen molar-refractivity contribution < 1.29 is 14.3 Å². The van der Waals surface area contributed by atoms with E-state index in [4.69, 9.17) is 4.74 Å². The van der Waals surface area contributed by atoms with E-state index in [1.54, 1.807) is 6.92 Å². The Hall–Kier alpha value is -1.10. The van der Waals surface area contributed by atoms with Crippen molar-refractivity contribution in [3.63, 3.8) is 0 Å². The molecule has 1 amide bonds. The molecular formula is C13H24N2O3. The molecule has 0 aliphatic heterocycles. The fourth-order valence-electron chi connectivity index (χ4n) is 1.43. The van der Waals surface area contributed by atoms with Gasteiger partial charge in [0.2, 0.25) is 5.91 Å². The molecule has 0 spiro atoms. The predicted octanol–water partition coefficient (Wildman–Crippen LogP) is 0.975. The second-order valence-electron chi connectivity index (χ2n) is 5.80. The molecule has 1 aliphatic rings. The van der Waals surface area contributed by atoms with Gasteiger partial charge in [0.1, 0.15) is 5.60 Å². The fourth-order valence-corrected chi connectivity index (χ4v) is 1.43. The molecule has 0 bridgehead atoms. The summed E-state index contributed by atoms with van der Waals surface area (Å²) >= 11 is 0. The summed E-state index contributed by atoms with van der Waals surface area (Å²) in [6, 6.07) is 0.0978. The minimum atomic E-state index is -0.452. The lowest BCUT2D eigenvalue weighted by molar-refractivity contribution is -0.154. The van der Waals surface area contributed by atoms with Gasteiger partial charge in [-0.15, -0.1) is 0 Å². The van der Waals surface area contributed by atoms with Crippen molar-refractivity contribution in [1.29, 1.82) is 0 Å². The highest BCUT2D eigenvalue weighted by atomic mass is 16.6.